The molecule has 0 unspecified atom stereocenters. The predicted molar refractivity (Wildman–Crippen MR) is 79.3 cm³/mol. The number of carboxylic acids is 1. The molecule has 0 aliphatic heterocycles. The van der Waals surface area contributed by atoms with E-state index in [1.54, 1.807) is 12.1 Å². The molecular weight excluding hydrogens is 270 g/mol. The highest BCUT2D eigenvalue weighted by Gasteiger charge is 2.42. The maximum Gasteiger partial charge on any atom is 0.323 e. The van der Waals surface area contributed by atoms with Gasteiger partial charge in [-0.3, -0.25) is 9.59 Å². The van der Waals surface area contributed by atoms with Crippen molar-refractivity contribution in [1.29, 1.82) is 0 Å². The van der Waals surface area contributed by atoms with Crippen LogP contribution in [-0.2, 0) is 9.59 Å². The number of aliphatic carboxylic acids is 1. The minimum absolute atomic E-state index is 0.0903. The van der Waals surface area contributed by atoms with Crippen LogP contribution in [-0.4, -0.2) is 28.6 Å². The molecule has 0 spiro atoms. The molecule has 2 rings (SSSR count). The lowest BCUT2D eigenvalue weighted by Gasteiger charge is -2.33. The number of phenols is 1. The molecule has 0 heterocycles. The van der Waals surface area contributed by atoms with Crippen molar-refractivity contribution >= 4 is 17.6 Å². The molecule has 0 saturated heterocycles. The van der Waals surface area contributed by atoms with Crippen LogP contribution >= 0.6 is 0 Å². The molecule has 0 aromatic heterocycles. The Kier molecular flexibility index (Phi) is 4.50. The van der Waals surface area contributed by atoms with Crippen molar-refractivity contribution in [2.45, 2.75) is 39.0 Å². The molecule has 2 N–H and O–H groups in total. The standard InChI is InChI=1S/C16H21NO4/c1-2-16(9-3-4-10-16)15(21)17(11-14(19)20)12-5-7-13(18)8-6-12/h5-8,18H,2-4,9-11H2,1H3,(H,19,20). The van der Waals surface area contributed by atoms with E-state index in [9.17, 15) is 14.7 Å². The highest BCUT2D eigenvalue weighted by molar-refractivity contribution is 6.01. The van der Waals surface area contributed by atoms with Crippen LogP contribution in [0.3, 0.4) is 0 Å². The summed E-state index contributed by atoms with van der Waals surface area (Å²) in [7, 11) is 0. The van der Waals surface area contributed by atoms with Gasteiger partial charge in [0.1, 0.15) is 12.3 Å². The van der Waals surface area contributed by atoms with Crippen LogP contribution in [0.25, 0.3) is 0 Å². The van der Waals surface area contributed by atoms with Crippen LogP contribution < -0.4 is 4.90 Å². The highest BCUT2D eigenvalue weighted by atomic mass is 16.4. The first-order valence-electron chi connectivity index (χ1n) is 7.31. The monoisotopic (exact) mass is 291 g/mol. The van der Waals surface area contributed by atoms with E-state index in [0.717, 1.165) is 32.1 Å². The molecule has 5 nitrogen and oxygen atoms in total. The molecular formula is C16H21NO4. The number of amides is 1. The number of hydrogen-bond donors (Lipinski definition) is 2. The van der Waals surface area contributed by atoms with Gasteiger partial charge in [-0.1, -0.05) is 19.8 Å². The Morgan fingerprint density at radius 2 is 1.76 bits per heavy atom. The minimum atomic E-state index is -1.04. The van der Waals surface area contributed by atoms with Gasteiger partial charge in [-0.05, 0) is 43.5 Å². The summed E-state index contributed by atoms with van der Waals surface area (Å²) in [5, 5.41) is 18.5. The Balaban J connectivity index is 2.33. The fourth-order valence-corrected chi connectivity index (χ4v) is 3.10. The normalized spacial score (nSPS) is 16.6. The zero-order valence-electron chi connectivity index (χ0n) is 12.2. The van der Waals surface area contributed by atoms with Gasteiger partial charge in [0.15, 0.2) is 0 Å². The molecule has 21 heavy (non-hydrogen) atoms. The molecule has 0 atom stereocenters. The second-order valence-electron chi connectivity index (χ2n) is 5.64. The van der Waals surface area contributed by atoms with Crippen LogP contribution in [0.15, 0.2) is 24.3 Å². The zero-order valence-corrected chi connectivity index (χ0v) is 12.2. The van der Waals surface area contributed by atoms with E-state index >= 15 is 0 Å². The first-order chi connectivity index (χ1) is 9.98. The number of hydrogen-bond acceptors (Lipinski definition) is 3. The SMILES string of the molecule is CCC1(C(=O)N(CC(=O)O)c2ccc(O)cc2)CCCC1. The van der Waals surface area contributed by atoms with Gasteiger partial charge in [0.25, 0.3) is 0 Å². The Morgan fingerprint density at radius 3 is 2.24 bits per heavy atom. The average Bonchev–Trinajstić information content (AvgIpc) is 2.95. The van der Waals surface area contributed by atoms with Crippen molar-refractivity contribution in [3.05, 3.63) is 24.3 Å². The summed E-state index contributed by atoms with van der Waals surface area (Å²) in [4.78, 5) is 25.4. The van der Waals surface area contributed by atoms with Gasteiger partial charge in [-0.2, -0.15) is 0 Å². The highest BCUT2D eigenvalue weighted by Crippen LogP contribution is 2.43. The van der Waals surface area contributed by atoms with Crippen LogP contribution in [0.5, 0.6) is 5.75 Å². The number of carbonyl (C=O) groups excluding carboxylic acids is 1. The van der Waals surface area contributed by atoms with Gasteiger partial charge in [0.05, 0.1) is 0 Å². The molecule has 5 heteroatoms. The first-order valence-corrected chi connectivity index (χ1v) is 7.31. The lowest BCUT2D eigenvalue weighted by atomic mass is 9.81. The molecule has 114 valence electrons. The van der Waals surface area contributed by atoms with Crippen molar-refractivity contribution < 1.29 is 19.8 Å². The number of phenolic OH excluding ortho intramolecular Hbond substituents is 1. The maximum absolute atomic E-state index is 12.9. The number of anilines is 1. The summed E-state index contributed by atoms with van der Waals surface area (Å²) in [5.74, 6) is -1.07. The quantitative estimate of drug-likeness (QED) is 0.874. The van der Waals surface area contributed by atoms with E-state index in [1.807, 2.05) is 6.92 Å². The van der Waals surface area contributed by atoms with Gasteiger partial charge in [-0.15, -0.1) is 0 Å². The molecule has 0 bridgehead atoms. The fraction of sp³-hybridized carbons (Fsp3) is 0.500. The molecule has 1 aliphatic rings. The largest absolute Gasteiger partial charge is 0.508 e. The Morgan fingerprint density at radius 1 is 1.19 bits per heavy atom. The van der Waals surface area contributed by atoms with E-state index in [1.165, 1.54) is 17.0 Å². The van der Waals surface area contributed by atoms with Crippen LogP contribution in [0.2, 0.25) is 0 Å². The van der Waals surface area contributed by atoms with Crippen molar-refractivity contribution in [2.24, 2.45) is 5.41 Å². The van der Waals surface area contributed by atoms with Gasteiger partial charge in [-0.25, -0.2) is 0 Å². The molecule has 1 fully saturated rings. The Labute approximate surface area is 124 Å². The predicted octanol–water partition coefficient (Wildman–Crippen LogP) is 2.78. The van der Waals surface area contributed by atoms with Gasteiger partial charge in [0, 0.05) is 11.1 Å². The minimum Gasteiger partial charge on any atom is -0.508 e. The average molecular weight is 291 g/mol. The zero-order chi connectivity index (χ0) is 15.5. The molecule has 1 aromatic carbocycles. The second-order valence-corrected chi connectivity index (χ2v) is 5.64. The molecule has 1 amide bonds. The fourth-order valence-electron chi connectivity index (χ4n) is 3.10. The van der Waals surface area contributed by atoms with E-state index in [-0.39, 0.29) is 18.2 Å². The second kappa shape index (κ2) is 6.16. The molecule has 0 radical (unpaired) electrons. The summed E-state index contributed by atoms with van der Waals surface area (Å²) in [6.07, 6.45) is 4.37. The number of rotatable bonds is 5. The summed E-state index contributed by atoms with van der Waals surface area (Å²) >= 11 is 0. The Hall–Kier alpha value is -2.04. The van der Waals surface area contributed by atoms with Gasteiger partial charge >= 0.3 is 5.97 Å². The summed E-state index contributed by atoms with van der Waals surface area (Å²) in [5.41, 5.74) is 0.0767. The van der Waals surface area contributed by atoms with E-state index < -0.39 is 11.4 Å². The van der Waals surface area contributed by atoms with Gasteiger partial charge < -0.3 is 15.1 Å². The van der Waals surface area contributed by atoms with Crippen molar-refractivity contribution in [3.63, 3.8) is 0 Å². The number of benzene rings is 1. The molecule has 1 aromatic rings. The van der Waals surface area contributed by atoms with Crippen LogP contribution in [0.1, 0.15) is 39.0 Å². The number of carbonyl (C=O) groups is 2. The van der Waals surface area contributed by atoms with Crippen molar-refractivity contribution in [3.8, 4) is 5.75 Å². The van der Waals surface area contributed by atoms with Crippen molar-refractivity contribution in [2.75, 3.05) is 11.4 Å². The first kappa shape index (κ1) is 15.4. The summed E-state index contributed by atoms with van der Waals surface area (Å²) in [6.45, 7) is 1.63. The lowest BCUT2D eigenvalue weighted by molar-refractivity contribution is -0.138. The molecule has 1 aliphatic carbocycles. The third-order valence-corrected chi connectivity index (χ3v) is 4.39. The third-order valence-electron chi connectivity index (χ3n) is 4.39. The summed E-state index contributed by atoms with van der Waals surface area (Å²) < 4.78 is 0. The maximum atomic E-state index is 12.9. The van der Waals surface area contributed by atoms with Gasteiger partial charge in [0.2, 0.25) is 5.91 Å². The molecule has 1 saturated carbocycles. The summed E-state index contributed by atoms with van der Waals surface area (Å²) in [6, 6.07) is 6.08. The topological polar surface area (TPSA) is 77.8 Å². The van der Waals surface area contributed by atoms with Crippen LogP contribution in [0.4, 0.5) is 5.69 Å². The lowest BCUT2D eigenvalue weighted by Crippen LogP contribution is -2.45. The van der Waals surface area contributed by atoms with E-state index in [0.29, 0.717) is 5.69 Å². The third kappa shape index (κ3) is 3.17. The smallest absolute Gasteiger partial charge is 0.323 e. The number of carboxylic acid groups (broad SMARTS) is 1. The number of aromatic hydroxyl groups is 1. The van der Waals surface area contributed by atoms with Crippen molar-refractivity contribution in [1.82, 2.24) is 0 Å². The number of nitrogens with zero attached hydrogens (tertiary/aromatic N) is 1. The van der Waals surface area contributed by atoms with E-state index in [4.69, 9.17) is 5.11 Å². The Bertz CT molecular complexity index is 518. The van der Waals surface area contributed by atoms with E-state index in [2.05, 4.69) is 0 Å². The van der Waals surface area contributed by atoms with Crippen LogP contribution in [0, 0.1) is 5.41 Å².